The lowest BCUT2D eigenvalue weighted by atomic mass is 10.2. The fraction of sp³-hybridized carbons (Fsp3) is 0.231. The third-order valence-electron chi connectivity index (χ3n) is 3.10. The van der Waals surface area contributed by atoms with Crippen LogP contribution in [0.4, 0.5) is 0 Å². The maximum Gasteiger partial charge on any atom is 0.337 e. The van der Waals surface area contributed by atoms with Gasteiger partial charge in [0.2, 0.25) is 10.0 Å². The maximum absolute atomic E-state index is 12.2. The molecule has 0 saturated heterocycles. The SMILES string of the molecule is Cc1noc(C)c1CNS(=O)(=O)c1ccc(Cl)c(C(=O)O)c1. The van der Waals surface area contributed by atoms with Crippen LogP contribution >= 0.6 is 11.6 Å². The molecule has 0 aliphatic heterocycles. The third kappa shape index (κ3) is 3.29. The molecule has 0 atom stereocenters. The zero-order valence-electron chi connectivity index (χ0n) is 11.8. The highest BCUT2D eigenvalue weighted by molar-refractivity contribution is 7.89. The number of aromatic carboxylic acids is 1. The van der Waals surface area contributed by atoms with Gasteiger partial charge in [-0.25, -0.2) is 17.9 Å². The van der Waals surface area contributed by atoms with E-state index >= 15 is 0 Å². The van der Waals surface area contributed by atoms with Gasteiger partial charge in [-0.05, 0) is 32.0 Å². The van der Waals surface area contributed by atoms with Crippen LogP contribution < -0.4 is 4.72 Å². The molecule has 22 heavy (non-hydrogen) atoms. The number of halogens is 1. The van der Waals surface area contributed by atoms with Gasteiger partial charge in [0, 0.05) is 12.1 Å². The van der Waals surface area contributed by atoms with Gasteiger partial charge in [-0.2, -0.15) is 0 Å². The summed E-state index contributed by atoms with van der Waals surface area (Å²) in [5.74, 6) is -0.782. The summed E-state index contributed by atoms with van der Waals surface area (Å²) in [7, 11) is -3.88. The Morgan fingerprint density at radius 1 is 1.41 bits per heavy atom. The van der Waals surface area contributed by atoms with E-state index in [2.05, 4.69) is 9.88 Å². The summed E-state index contributed by atoms with van der Waals surface area (Å²) in [6.07, 6.45) is 0. The molecule has 2 aromatic rings. The third-order valence-corrected chi connectivity index (χ3v) is 4.83. The van der Waals surface area contributed by atoms with Crippen molar-refractivity contribution in [2.45, 2.75) is 25.3 Å². The van der Waals surface area contributed by atoms with Crippen molar-refractivity contribution in [2.75, 3.05) is 0 Å². The van der Waals surface area contributed by atoms with Crippen molar-refractivity contribution in [3.05, 3.63) is 45.8 Å². The van der Waals surface area contributed by atoms with Crippen LogP contribution in [0.3, 0.4) is 0 Å². The summed E-state index contributed by atoms with van der Waals surface area (Å²) in [5, 5.41) is 12.7. The average Bonchev–Trinajstić information content (AvgIpc) is 2.76. The first kappa shape index (κ1) is 16.5. The summed E-state index contributed by atoms with van der Waals surface area (Å²) in [6, 6.07) is 3.49. The molecule has 0 spiro atoms. The number of nitrogens with zero attached hydrogens (tertiary/aromatic N) is 1. The largest absolute Gasteiger partial charge is 0.478 e. The number of nitrogens with one attached hydrogen (secondary N) is 1. The number of aromatic nitrogens is 1. The van der Waals surface area contributed by atoms with Crippen LogP contribution in [0.5, 0.6) is 0 Å². The van der Waals surface area contributed by atoms with Crippen LogP contribution in [0.15, 0.2) is 27.6 Å². The Hall–Kier alpha value is -1.90. The van der Waals surface area contributed by atoms with Crippen LogP contribution in [0.2, 0.25) is 5.02 Å². The van der Waals surface area contributed by atoms with E-state index < -0.39 is 16.0 Å². The molecule has 0 bridgehead atoms. The van der Waals surface area contributed by atoms with Gasteiger partial charge >= 0.3 is 5.97 Å². The fourth-order valence-electron chi connectivity index (χ4n) is 1.84. The second kappa shape index (κ2) is 6.07. The molecule has 2 rings (SSSR count). The van der Waals surface area contributed by atoms with Crippen molar-refractivity contribution >= 4 is 27.6 Å². The molecule has 1 aromatic carbocycles. The molecular formula is C13H13ClN2O5S. The molecule has 0 amide bonds. The van der Waals surface area contributed by atoms with Crippen molar-refractivity contribution in [1.29, 1.82) is 0 Å². The lowest BCUT2D eigenvalue weighted by Crippen LogP contribution is -2.24. The Morgan fingerprint density at radius 2 is 2.09 bits per heavy atom. The minimum absolute atomic E-state index is 0.00543. The van der Waals surface area contributed by atoms with Crippen LogP contribution in [0, 0.1) is 13.8 Å². The van der Waals surface area contributed by atoms with Crippen molar-refractivity contribution < 1.29 is 22.8 Å². The van der Waals surface area contributed by atoms with Gasteiger partial charge in [0.25, 0.3) is 0 Å². The van der Waals surface area contributed by atoms with E-state index in [1.54, 1.807) is 13.8 Å². The van der Waals surface area contributed by atoms with Crippen LogP contribution in [0.1, 0.15) is 27.4 Å². The molecule has 0 unspecified atom stereocenters. The molecule has 1 heterocycles. The van der Waals surface area contributed by atoms with Crippen LogP contribution in [0.25, 0.3) is 0 Å². The second-order valence-corrected chi connectivity index (χ2v) is 6.75. The molecule has 0 radical (unpaired) electrons. The molecule has 0 aliphatic rings. The van der Waals surface area contributed by atoms with E-state index in [9.17, 15) is 13.2 Å². The van der Waals surface area contributed by atoms with Crippen LogP contribution in [-0.4, -0.2) is 24.7 Å². The molecule has 2 N–H and O–H groups in total. The number of hydrogen-bond donors (Lipinski definition) is 2. The van der Waals surface area contributed by atoms with Gasteiger partial charge in [0.1, 0.15) is 5.76 Å². The minimum atomic E-state index is -3.88. The predicted molar refractivity (Wildman–Crippen MR) is 78.4 cm³/mol. The summed E-state index contributed by atoms with van der Waals surface area (Å²) >= 11 is 5.72. The molecule has 118 valence electrons. The van der Waals surface area contributed by atoms with Crippen molar-refractivity contribution in [2.24, 2.45) is 0 Å². The monoisotopic (exact) mass is 344 g/mol. The van der Waals surface area contributed by atoms with E-state index in [1.807, 2.05) is 0 Å². The van der Waals surface area contributed by atoms with E-state index in [0.717, 1.165) is 6.07 Å². The fourth-order valence-corrected chi connectivity index (χ4v) is 3.06. The highest BCUT2D eigenvalue weighted by atomic mass is 35.5. The standard InChI is InChI=1S/C13H13ClN2O5S/c1-7-11(8(2)21-16-7)6-15-22(19,20)9-3-4-12(14)10(5-9)13(17)18/h3-5,15H,6H2,1-2H3,(H,17,18). The number of carboxylic acid groups (broad SMARTS) is 1. The molecule has 9 heteroatoms. The highest BCUT2D eigenvalue weighted by Gasteiger charge is 2.19. The van der Waals surface area contributed by atoms with E-state index in [0.29, 0.717) is 17.0 Å². The number of rotatable bonds is 5. The molecule has 7 nitrogen and oxygen atoms in total. The zero-order valence-corrected chi connectivity index (χ0v) is 13.3. The number of carboxylic acids is 1. The highest BCUT2D eigenvalue weighted by Crippen LogP contribution is 2.21. The Kier molecular flexibility index (Phi) is 4.55. The number of sulfonamides is 1. The Balaban J connectivity index is 2.28. The smallest absolute Gasteiger partial charge is 0.337 e. The van der Waals surface area contributed by atoms with Gasteiger partial charge in [-0.1, -0.05) is 16.8 Å². The molecule has 0 aliphatic carbocycles. The summed E-state index contributed by atoms with van der Waals surface area (Å²) in [4.78, 5) is 10.8. The van der Waals surface area contributed by atoms with Gasteiger partial charge in [-0.15, -0.1) is 0 Å². The summed E-state index contributed by atoms with van der Waals surface area (Å²) < 4.78 is 31.8. The maximum atomic E-state index is 12.2. The van der Waals surface area contributed by atoms with Crippen molar-refractivity contribution in [3.8, 4) is 0 Å². The lowest BCUT2D eigenvalue weighted by molar-refractivity contribution is 0.0697. The number of aryl methyl sites for hydroxylation is 2. The molecule has 0 saturated carbocycles. The molecule has 1 aromatic heterocycles. The number of carbonyl (C=O) groups is 1. The normalized spacial score (nSPS) is 11.6. The van der Waals surface area contributed by atoms with Crippen molar-refractivity contribution in [1.82, 2.24) is 9.88 Å². The van der Waals surface area contributed by atoms with Gasteiger partial charge in [0.05, 0.1) is 21.2 Å². The van der Waals surface area contributed by atoms with E-state index in [1.165, 1.54) is 12.1 Å². The zero-order chi connectivity index (χ0) is 16.5. The number of hydrogen-bond acceptors (Lipinski definition) is 5. The first-order valence-corrected chi connectivity index (χ1v) is 8.02. The van der Waals surface area contributed by atoms with Gasteiger partial charge in [0.15, 0.2) is 0 Å². The topological polar surface area (TPSA) is 110 Å². The van der Waals surface area contributed by atoms with Crippen molar-refractivity contribution in [3.63, 3.8) is 0 Å². The second-order valence-electron chi connectivity index (χ2n) is 4.57. The Morgan fingerprint density at radius 3 is 2.64 bits per heavy atom. The summed E-state index contributed by atoms with van der Waals surface area (Å²) in [6.45, 7) is 3.37. The predicted octanol–water partition coefficient (Wildman–Crippen LogP) is 2.12. The number of benzene rings is 1. The summed E-state index contributed by atoms with van der Waals surface area (Å²) in [5.41, 5.74) is 0.945. The van der Waals surface area contributed by atoms with Gasteiger partial charge < -0.3 is 9.63 Å². The first-order valence-electron chi connectivity index (χ1n) is 6.16. The van der Waals surface area contributed by atoms with E-state index in [4.69, 9.17) is 21.2 Å². The molecular weight excluding hydrogens is 332 g/mol. The average molecular weight is 345 g/mol. The molecule has 0 fully saturated rings. The lowest BCUT2D eigenvalue weighted by Gasteiger charge is -2.08. The van der Waals surface area contributed by atoms with Gasteiger partial charge in [-0.3, -0.25) is 0 Å². The Bertz CT molecular complexity index is 809. The first-order chi connectivity index (χ1) is 10.2. The van der Waals surface area contributed by atoms with Crippen LogP contribution in [-0.2, 0) is 16.6 Å². The Labute approximate surface area is 131 Å². The quantitative estimate of drug-likeness (QED) is 0.859. The van der Waals surface area contributed by atoms with E-state index in [-0.39, 0.29) is 22.0 Å². The minimum Gasteiger partial charge on any atom is -0.478 e.